The van der Waals surface area contributed by atoms with E-state index in [0.29, 0.717) is 0 Å². The molecule has 124 valence electrons. The van der Waals surface area contributed by atoms with Crippen LogP contribution in [0.15, 0.2) is 84.9 Å². The van der Waals surface area contributed by atoms with Crippen molar-refractivity contribution in [2.24, 2.45) is 0 Å². The number of rotatable bonds is 2. The van der Waals surface area contributed by atoms with E-state index < -0.39 is 0 Å². The summed E-state index contributed by atoms with van der Waals surface area (Å²) in [7, 11) is 0. The molecule has 4 aromatic rings. The van der Waals surface area contributed by atoms with Crippen molar-refractivity contribution in [3.8, 4) is 39.4 Å². The van der Waals surface area contributed by atoms with Crippen LogP contribution in [0.3, 0.4) is 0 Å². The summed E-state index contributed by atoms with van der Waals surface area (Å²) in [6.07, 6.45) is 0.915. The number of hydrogen-bond acceptors (Lipinski definition) is 2. The van der Waals surface area contributed by atoms with Gasteiger partial charge in [0.25, 0.3) is 0 Å². The van der Waals surface area contributed by atoms with Crippen LogP contribution in [0, 0.1) is 0 Å². The van der Waals surface area contributed by atoms with E-state index in [1.165, 1.54) is 27.8 Å². The van der Waals surface area contributed by atoms with Gasteiger partial charge in [0.05, 0.1) is 11.4 Å². The fraction of sp³-hybridized carbons (Fsp3) is 0.0417. The van der Waals surface area contributed by atoms with E-state index in [1.807, 2.05) is 18.2 Å². The molecule has 1 aromatic heterocycles. The Balaban J connectivity index is 1.78. The minimum Gasteiger partial charge on any atom is -0.508 e. The van der Waals surface area contributed by atoms with Gasteiger partial charge in [0, 0.05) is 17.5 Å². The summed E-state index contributed by atoms with van der Waals surface area (Å²) in [4.78, 5) is 5.00. The zero-order valence-corrected chi connectivity index (χ0v) is 14.2. The van der Waals surface area contributed by atoms with E-state index in [1.54, 1.807) is 12.1 Å². The molecule has 2 heteroatoms. The number of benzene rings is 3. The molecule has 0 fully saturated rings. The van der Waals surface area contributed by atoms with Crippen LogP contribution >= 0.6 is 0 Å². The van der Waals surface area contributed by atoms with E-state index in [4.69, 9.17) is 4.98 Å². The SMILES string of the molecule is Oc1ccc(-c2cc(-c3ccccc3)c3c(n2)-c2ccccc2C3)cc1. The number of hydrogen-bond donors (Lipinski definition) is 1. The molecule has 0 amide bonds. The Morgan fingerprint density at radius 1 is 0.692 bits per heavy atom. The predicted molar refractivity (Wildman–Crippen MR) is 105 cm³/mol. The predicted octanol–water partition coefficient (Wildman–Crippen LogP) is 5.69. The number of nitrogens with zero attached hydrogens (tertiary/aromatic N) is 1. The van der Waals surface area contributed by atoms with Crippen LogP contribution in [0.4, 0.5) is 0 Å². The molecule has 1 aliphatic rings. The van der Waals surface area contributed by atoms with Crippen molar-refractivity contribution >= 4 is 0 Å². The average molecular weight is 335 g/mol. The lowest BCUT2D eigenvalue weighted by Gasteiger charge is -2.12. The fourth-order valence-corrected chi connectivity index (χ4v) is 3.72. The standard InChI is InChI=1S/C24H17NO/c26-19-12-10-17(11-13-19)23-15-21(16-6-2-1-3-7-16)22-14-18-8-4-5-9-20(18)24(22)25-23/h1-13,15,26H,14H2. The molecule has 1 N–H and O–H groups in total. The maximum Gasteiger partial charge on any atom is 0.115 e. The molecular weight excluding hydrogens is 318 g/mol. The first kappa shape index (κ1) is 14.9. The summed E-state index contributed by atoms with van der Waals surface area (Å²) < 4.78 is 0. The smallest absolute Gasteiger partial charge is 0.115 e. The number of phenolic OH excluding ortho intramolecular Hbond substituents is 1. The van der Waals surface area contributed by atoms with Gasteiger partial charge in [0.15, 0.2) is 0 Å². The first-order chi connectivity index (χ1) is 12.8. The minimum absolute atomic E-state index is 0.267. The lowest BCUT2D eigenvalue weighted by Crippen LogP contribution is -1.94. The van der Waals surface area contributed by atoms with Gasteiger partial charge in [-0.1, -0.05) is 54.6 Å². The zero-order valence-electron chi connectivity index (χ0n) is 14.2. The van der Waals surface area contributed by atoms with E-state index in [0.717, 1.165) is 23.4 Å². The molecule has 0 radical (unpaired) electrons. The molecule has 0 unspecified atom stereocenters. The highest BCUT2D eigenvalue weighted by Gasteiger charge is 2.24. The maximum absolute atomic E-state index is 9.60. The van der Waals surface area contributed by atoms with Crippen molar-refractivity contribution in [1.29, 1.82) is 0 Å². The molecule has 5 rings (SSSR count). The lowest BCUT2D eigenvalue weighted by molar-refractivity contribution is 0.475. The van der Waals surface area contributed by atoms with Crippen molar-refractivity contribution < 1.29 is 5.11 Å². The number of aromatic hydroxyl groups is 1. The third-order valence-electron chi connectivity index (χ3n) is 5.01. The molecular formula is C24H17NO. The van der Waals surface area contributed by atoms with Gasteiger partial charge >= 0.3 is 0 Å². The highest BCUT2D eigenvalue weighted by atomic mass is 16.3. The second-order valence-corrected chi connectivity index (χ2v) is 6.63. The third kappa shape index (κ3) is 2.39. The molecule has 0 saturated carbocycles. The van der Waals surface area contributed by atoms with E-state index in [9.17, 15) is 5.11 Å². The number of aromatic nitrogens is 1. The molecule has 2 nitrogen and oxygen atoms in total. The Kier molecular flexibility index (Phi) is 3.36. The fourth-order valence-electron chi connectivity index (χ4n) is 3.72. The largest absolute Gasteiger partial charge is 0.508 e. The molecule has 26 heavy (non-hydrogen) atoms. The summed E-state index contributed by atoms with van der Waals surface area (Å²) in [6.45, 7) is 0. The van der Waals surface area contributed by atoms with Gasteiger partial charge < -0.3 is 5.11 Å². The van der Waals surface area contributed by atoms with Crippen molar-refractivity contribution in [2.45, 2.75) is 6.42 Å². The molecule has 3 aromatic carbocycles. The quantitative estimate of drug-likeness (QED) is 0.449. The number of phenols is 1. The highest BCUT2D eigenvalue weighted by molar-refractivity contribution is 5.85. The van der Waals surface area contributed by atoms with Gasteiger partial charge in [-0.3, -0.25) is 0 Å². The lowest BCUT2D eigenvalue weighted by atomic mass is 9.96. The van der Waals surface area contributed by atoms with E-state index in [2.05, 4.69) is 54.6 Å². The molecule has 1 aliphatic carbocycles. The molecule has 0 atom stereocenters. The Hall–Kier alpha value is -3.39. The van der Waals surface area contributed by atoms with E-state index in [-0.39, 0.29) is 5.75 Å². The molecule has 1 heterocycles. The maximum atomic E-state index is 9.60. The molecule has 0 saturated heterocycles. The number of fused-ring (bicyclic) bond motifs is 3. The Morgan fingerprint density at radius 3 is 2.23 bits per heavy atom. The van der Waals surface area contributed by atoms with Gasteiger partial charge in [-0.15, -0.1) is 0 Å². The first-order valence-corrected chi connectivity index (χ1v) is 8.76. The summed E-state index contributed by atoms with van der Waals surface area (Å²) >= 11 is 0. The van der Waals surface area contributed by atoms with Gasteiger partial charge in [-0.2, -0.15) is 0 Å². The van der Waals surface area contributed by atoms with Crippen molar-refractivity contribution in [3.05, 3.63) is 96.1 Å². The van der Waals surface area contributed by atoms with E-state index >= 15 is 0 Å². The van der Waals surface area contributed by atoms with Gasteiger partial charge in [0.1, 0.15) is 5.75 Å². The van der Waals surface area contributed by atoms with Crippen LogP contribution < -0.4 is 0 Å². The van der Waals surface area contributed by atoms with Crippen molar-refractivity contribution in [1.82, 2.24) is 4.98 Å². The van der Waals surface area contributed by atoms with Crippen molar-refractivity contribution in [2.75, 3.05) is 0 Å². The second-order valence-electron chi connectivity index (χ2n) is 6.63. The average Bonchev–Trinajstić information content (AvgIpc) is 3.07. The van der Waals surface area contributed by atoms with Gasteiger partial charge in [-0.05, 0) is 52.6 Å². The highest BCUT2D eigenvalue weighted by Crippen LogP contribution is 2.42. The Bertz CT molecular complexity index is 1100. The van der Waals surface area contributed by atoms with Gasteiger partial charge in [-0.25, -0.2) is 4.98 Å². The van der Waals surface area contributed by atoms with Crippen LogP contribution in [0.5, 0.6) is 5.75 Å². The van der Waals surface area contributed by atoms with Crippen LogP contribution in [0.1, 0.15) is 11.1 Å². The summed E-state index contributed by atoms with van der Waals surface area (Å²) in [6, 6.07) is 28.4. The number of pyridine rings is 1. The minimum atomic E-state index is 0.267. The monoisotopic (exact) mass is 335 g/mol. The summed E-state index contributed by atoms with van der Waals surface area (Å²) in [5, 5.41) is 9.60. The normalized spacial score (nSPS) is 11.8. The third-order valence-corrected chi connectivity index (χ3v) is 5.01. The summed E-state index contributed by atoms with van der Waals surface area (Å²) in [5.74, 6) is 0.267. The topological polar surface area (TPSA) is 33.1 Å². The molecule has 0 bridgehead atoms. The Morgan fingerprint density at radius 2 is 1.42 bits per heavy atom. The molecule has 0 spiro atoms. The van der Waals surface area contributed by atoms with Crippen LogP contribution in [0.2, 0.25) is 0 Å². The van der Waals surface area contributed by atoms with Crippen molar-refractivity contribution in [3.63, 3.8) is 0 Å². The van der Waals surface area contributed by atoms with Crippen LogP contribution in [-0.2, 0) is 6.42 Å². The van der Waals surface area contributed by atoms with Gasteiger partial charge in [0.2, 0.25) is 0 Å². The summed E-state index contributed by atoms with van der Waals surface area (Å²) in [5.41, 5.74) is 9.29. The van der Waals surface area contributed by atoms with Crippen LogP contribution in [0.25, 0.3) is 33.6 Å². The molecule has 0 aliphatic heterocycles. The first-order valence-electron chi connectivity index (χ1n) is 8.76. The Labute approximate surface area is 152 Å². The second kappa shape index (κ2) is 5.85. The zero-order chi connectivity index (χ0) is 17.5. The van der Waals surface area contributed by atoms with Crippen LogP contribution in [-0.4, -0.2) is 10.1 Å².